The molecule has 1 fully saturated rings. The zero-order valence-corrected chi connectivity index (χ0v) is 17.5. The normalized spacial score (nSPS) is 17.2. The molecule has 4 aromatic rings. The second-order valence-corrected chi connectivity index (χ2v) is 8.20. The van der Waals surface area contributed by atoms with Crippen LogP contribution in [0.5, 0.6) is 0 Å². The van der Waals surface area contributed by atoms with Gasteiger partial charge in [-0.15, -0.1) is 5.10 Å². The van der Waals surface area contributed by atoms with Crippen LogP contribution in [0.4, 0.5) is 0 Å². The molecule has 8 nitrogen and oxygen atoms in total. The molecule has 1 aromatic carbocycles. The Bertz CT molecular complexity index is 1260. The number of H-pyrrole nitrogens is 1. The zero-order valence-electron chi connectivity index (χ0n) is 17.5. The van der Waals surface area contributed by atoms with Gasteiger partial charge in [-0.3, -0.25) is 4.79 Å². The lowest BCUT2D eigenvalue weighted by Gasteiger charge is -2.34. The van der Waals surface area contributed by atoms with Crippen LogP contribution >= 0.6 is 0 Å². The minimum Gasteiger partial charge on any atom is -0.340 e. The van der Waals surface area contributed by atoms with E-state index in [0.717, 1.165) is 54.1 Å². The molecule has 1 N–H and O–H groups in total. The average molecular weight is 403 g/mol. The van der Waals surface area contributed by atoms with E-state index in [4.69, 9.17) is 4.98 Å². The highest BCUT2D eigenvalue weighted by molar-refractivity contribution is 5.79. The Labute approximate surface area is 174 Å². The number of fused-ring (bicyclic) bond motifs is 2. The monoisotopic (exact) mass is 403 g/mol. The highest BCUT2D eigenvalue weighted by Crippen LogP contribution is 2.31. The Morgan fingerprint density at radius 2 is 2.00 bits per heavy atom. The molecule has 0 saturated carbocycles. The number of imidazole rings is 1. The van der Waals surface area contributed by atoms with E-state index in [2.05, 4.69) is 39.1 Å². The Hall–Kier alpha value is -3.29. The molecular formula is C22H25N7O. The number of likely N-dealkylation sites (tertiary alicyclic amines) is 1. The number of aryl methyl sites for hydroxylation is 3. The maximum atomic E-state index is 13.2. The second-order valence-electron chi connectivity index (χ2n) is 8.20. The van der Waals surface area contributed by atoms with Crippen molar-refractivity contribution in [1.82, 2.24) is 34.4 Å². The fourth-order valence-electron chi connectivity index (χ4n) is 4.33. The lowest BCUT2D eigenvalue weighted by molar-refractivity contribution is -0.134. The van der Waals surface area contributed by atoms with Crippen LogP contribution in [0.15, 0.2) is 24.3 Å². The van der Waals surface area contributed by atoms with Gasteiger partial charge in [0.1, 0.15) is 5.82 Å². The SMILES string of the molecule is Cc1ccc2nc([C@H]3CCCCN3C(=O)Cc3nc4nc(C)cc(C)n4n3)[nH]c2c1. The van der Waals surface area contributed by atoms with Gasteiger partial charge in [0.25, 0.3) is 5.78 Å². The summed E-state index contributed by atoms with van der Waals surface area (Å²) in [4.78, 5) is 32.3. The molecule has 4 heterocycles. The summed E-state index contributed by atoms with van der Waals surface area (Å²) < 4.78 is 1.70. The van der Waals surface area contributed by atoms with Crippen molar-refractivity contribution in [3.63, 3.8) is 0 Å². The maximum absolute atomic E-state index is 13.2. The summed E-state index contributed by atoms with van der Waals surface area (Å²) in [6, 6.07) is 8.09. The standard InChI is InChI=1S/C22H25N7O/c1-13-7-8-16-17(10-13)25-21(24-16)18-6-4-5-9-28(18)20(30)12-19-26-22-23-14(2)11-15(3)29(22)27-19/h7-8,10-11,18H,4-6,9,12H2,1-3H3,(H,24,25)/t18-/m1/s1. The minimum atomic E-state index is -0.0434. The summed E-state index contributed by atoms with van der Waals surface area (Å²) in [6.45, 7) is 6.69. The Balaban J connectivity index is 1.42. The minimum absolute atomic E-state index is 0.0293. The summed E-state index contributed by atoms with van der Waals surface area (Å²) in [6.07, 6.45) is 3.15. The second kappa shape index (κ2) is 7.19. The third-order valence-electron chi connectivity index (χ3n) is 5.77. The van der Waals surface area contributed by atoms with Gasteiger partial charge >= 0.3 is 0 Å². The van der Waals surface area contributed by atoms with Gasteiger partial charge < -0.3 is 9.88 Å². The molecule has 0 radical (unpaired) electrons. The molecule has 1 atom stereocenters. The first-order valence-electron chi connectivity index (χ1n) is 10.4. The first-order valence-corrected chi connectivity index (χ1v) is 10.4. The summed E-state index contributed by atoms with van der Waals surface area (Å²) >= 11 is 0. The molecular weight excluding hydrogens is 378 g/mol. The van der Waals surface area contributed by atoms with Gasteiger partial charge in [-0.1, -0.05) is 6.07 Å². The maximum Gasteiger partial charge on any atom is 0.252 e. The highest BCUT2D eigenvalue weighted by atomic mass is 16.2. The predicted molar refractivity (Wildman–Crippen MR) is 113 cm³/mol. The lowest BCUT2D eigenvalue weighted by atomic mass is 10.0. The van der Waals surface area contributed by atoms with E-state index in [1.54, 1.807) is 4.52 Å². The summed E-state index contributed by atoms with van der Waals surface area (Å²) in [7, 11) is 0. The first kappa shape index (κ1) is 18.7. The van der Waals surface area contributed by atoms with Crippen LogP contribution in [0.1, 0.15) is 53.9 Å². The number of hydrogen-bond donors (Lipinski definition) is 1. The van der Waals surface area contributed by atoms with Crippen LogP contribution in [-0.2, 0) is 11.2 Å². The number of benzene rings is 1. The number of aromatic amines is 1. The van der Waals surface area contributed by atoms with Crippen LogP contribution in [0, 0.1) is 20.8 Å². The van der Waals surface area contributed by atoms with Crippen molar-refractivity contribution in [3.8, 4) is 0 Å². The molecule has 3 aromatic heterocycles. The van der Waals surface area contributed by atoms with Crippen LogP contribution in [0.3, 0.4) is 0 Å². The van der Waals surface area contributed by atoms with Crippen LogP contribution < -0.4 is 0 Å². The number of aromatic nitrogens is 6. The van der Waals surface area contributed by atoms with Crippen molar-refractivity contribution in [3.05, 3.63) is 52.9 Å². The summed E-state index contributed by atoms with van der Waals surface area (Å²) in [5.74, 6) is 1.94. The Kier molecular flexibility index (Phi) is 4.49. The zero-order chi connectivity index (χ0) is 20.8. The third-order valence-corrected chi connectivity index (χ3v) is 5.77. The Morgan fingerprint density at radius 1 is 1.13 bits per heavy atom. The van der Waals surface area contributed by atoms with Crippen molar-refractivity contribution in [1.29, 1.82) is 0 Å². The summed E-state index contributed by atoms with van der Waals surface area (Å²) in [5, 5.41) is 4.50. The molecule has 1 aliphatic rings. The van der Waals surface area contributed by atoms with Gasteiger partial charge in [0.05, 0.1) is 23.5 Å². The largest absolute Gasteiger partial charge is 0.340 e. The van der Waals surface area contributed by atoms with E-state index in [1.165, 1.54) is 5.56 Å². The van der Waals surface area contributed by atoms with Gasteiger partial charge in [0.15, 0.2) is 5.82 Å². The van der Waals surface area contributed by atoms with Crippen molar-refractivity contribution in [2.75, 3.05) is 6.54 Å². The van der Waals surface area contributed by atoms with Crippen molar-refractivity contribution < 1.29 is 4.79 Å². The van der Waals surface area contributed by atoms with Gasteiger partial charge in [0, 0.05) is 17.9 Å². The number of hydrogen-bond acceptors (Lipinski definition) is 5. The topological polar surface area (TPSA) is 92.1 Å². The number of amides is 1. The third kappa shape index (κ3) is 3.32. The van der Waals surface area contributed by atoms with Crippen molar-refractivity contribution in [2.24, 2.45) is 0 Å². The molecule has 0 unspecified atom stereocenters. The number of nitrogens with one attached hydrogen (secondary N) is 1. The van der Waals surface area contributed by atoms with Gasteiger partial charge in [-0.25, -0.2) is 14.5 Å². The van der Waals surface area contributed by atoms with Gasteiger partial charge in [0.2, 0.25) is 5.91 Å². The van der Waals surface area contributed by atoms with Crippen molar-refractivity contribution >= 4 is 22.7 Å². The quantitative estimate of drug-likeness (QED) is 0.567. The number of piperidine rings is 1. The average Bonchev–Trinajstić information content (AvgIpc) is 3.31. The number of carbonyl (C=O) groups is 1. The number of rotatable bonds is 3. The molecule has 1 aliphatic heterocycles. The predicted octanol–water partition coefficient (Wildman–Crippen LogP) is 3.22. The smallest absolute Gasteiger partial charge is 0.252 e. The molecule has 1 amide bonds. The van der Waals surface area contributed by atoms with E-state index >= 15 is 0 Å². The molecule has 8 heteroatoms. The summed E-state index contributed by atoms with van der Waals surface area (Å²) in [5.41, 5.74) is 4.99. The van der Waals surface area contributed by atoms with E-state index < -0.39 is 0 Å². The van der Waals surface area contributed by atoms with Crippen molar-refractivity contribution in [2.45, 2.75) is 52.5 Å². The van der Waals surface area contributed by atoms with Gasteiger partial charge in [-0.2, -0.15) is 4.98 Å². The van der Waals surface area contributed by atoms with E-state index in [1.807, 2.05) is 30.9 Å². The van der Waals surface area contributed by atoms with E-state index in [-0.39, 0.29) is 18.4 Å². The van der Waals surface area contributed by atoms with Crippen LogP contribution in [0.2, 0.25) is 0 Å². The van der Waals surface area contributed by atoms with Crippen LogP contribution in [-0.4, -0.2) is 46.9 Å². The highest BCUT2D eigenvalue weighted by Gasteiger charge is 2.31. The molecule has 0 bridgehead atoms. The fraction of sp³-hybridized carbons (Fsp3) is 0.409. The van der Waals surface area contributed by atoms with Gasteiger partial charge in [-0.05, 0) is 63.8 Å². The fourth-order valence-corrected chi connectivity index (χ4v) is 4.33. The number of carbonyl (C=O) groups excluding carboxylic acids is 1. The number of nitrogens with zero attached hydrogens (tertiary/aromatic N) is 6. The van der Waals surface area contributed by atoms with E-state index in [0.29, 0.717) is 11.6 Å². The molecule has 154 valence electrons. The molecule has 5 rings (SSSR count). The Morgan fingerprint density at radius 3 is 2.87 bits per heavy atom. The molecule has 0 aliphatic carbocycles. The first-order chi connectivity index (χ1) is 14.5. The lowest BCUT2D eigenvalue weighted by Crippen LogP contribution is -2.40. The van der Waals surface area contributed by atoms with Crippen LogP contribution in [0.25, 0.3) is 16.8 Å². The molecule has 0 spiro atoms. The molecule has 30 heavy (non-hydrogen) atoms. The molecule has 1 saturated heterocycles. The van der Waals surface area contributed by atoms with E-state index in [9.17, 15) is 4.79 Å².